The Kier molecular flexibility index (Phi) is 5.51. The molecule has 1 aromatic carbocycles. The highest BCUT2D eigenvalue weighted by atomic mass is 35.5. The van der Waals surface area contributed by atoms with Gasteiger partial charge in [0.1, 0.15) is 0 Å². The van der Waals surface area contributed by atoms with E-state index < -0.39 is 0 Å². The van der Waals surface area contributed by atoms with Gasteiger partial charge in [-0.25, -0.2) is 0 Å². The van der Waals surface area contributed by atoms with Crippen molar-refractivity contribution in [2.24, 2.45) is 0 Å². The van der Waals surface area contributed by atoms with Crippen LogP contribution in [-0.2, 0) is 0 Å². The molecular weight excluding hydrogens is 250 g/mol. The largest absolute Gasteiger partial charge is 0.493 e. The zero-order valence-electron chi connectivity index (χ0n) is 11.5. The van der Waals surface area contributed by atoms with Gasteiger partial charge in [0.05, 0.1) is 25.3 Å². The van der Waals surface area contributed by atoms with Crippen LogP contribution in [0.2, 0.25) is 5.02 Å². The van der Waals surface area contributed by atoms with Crippen molar-refractivity contribution in [2.45, 2.75) is 19.9 Å². The maximum Gasteiger partial charge on any atom is 0.179 e. The second-order valence-corrected chi connectivity index (χ2v) is 4.66. The third kappa shape index (κ3) is 3.40. The van der Waals surface area contributed by atoms with Crippen LogP contribution < -0.4 is 14.8 Å². The zero-order valence-corrected chi connectivity index (χ0v) is 12.3. The molecule has 3 nitrogen and oxygen atoms in total. The van der Waals surface area contributed by atoms with Gasteiger partial charge in [0.25, 0.3) is 0 Å². The summed E-state index contributed by atoms with van der Waals surface area (Å²) in [6, 6.07) is 3.93. The Bertz CT molecular complexity index is 440. The molecule has 1 unspecified atom stereocenters. The van der Waals surface area contributed by atoms with Crippen molar-refractivity contribution in [1.29, 1.82) is 0 Å². The Hall–Kier alpha value is -1.19. The lowest BCUT2D eigenvalue weighted by Gasteiger charge is -2.17. The first-order valence-corrected chi connectivity index (χ1v) is 6.15. The lowest BCUT2D eigenvalue weighted by Crippen LogP contribution is -2.14. The molecule has 0 radical (unpaired) electrons. The van der Waals surface area contributed by atoms with Gasteiger partial charge in [0.2, 0.25) is 0 Å². The van der Waals surface area contributed by atoms with Gasteiger partial charge in [-0.3, -0.25) is 0 Å². The van der Waals surface area contributed by atoms with Crippen molar-refractivity contribution < 1.29 is 9.47 Å². The summed E-state index contributed by atoms with van der Waals surface area (Å²) < 4.78 is 10.5. The normalized spacial score (nSPS) is 11.9. The first-order valence-electron chi connectivity index (χ1n) is 5.77. The van der Waals surface area contributed by atoms with Crippen LogP contribution in [0.4, 0.5) is 0 Å². The van der Waals surface area contributed by atoms with E-state index in [4.69, 9.17) is 21.1 Å². The van der Waals surface area contributed by atoms with Crippen molar-refractivity contribution in [3.63, 3.8) is 0 Å². The number of hydrogen-bond donors (Lipinski definition) is 1. The number of likely N-dealkylation sites (N-methyl/N-ethyl adjacent to an activating group) is 1. The number of benzene rings is 1. The van der Waals surface area contributed by atoms with Crippen LogP contribution in [0.5, 0.6) is 11.5 Å². The average molecular weight is 270 g/mol. The Labute approximate surface area is 114 Å². The fraction of sp³-hybridized carbons (Fsp3) is 0.429. The second kappa shape index (κ2) is 6.66. The molecule has 0 aromatic heterocycles. The number of hydrogen-bond acceptors (Lipinski definition) is 3. The summed E-state index contributed by atoms with van der Waals surface area (Å²) in [6.45, 7) is 4.12. The van der Waals surface area contributed by atoms with Crippen LogP contribution in [0.3, 0.4) is 0 Å². The number of rotatable bonds is 5. The molecule has 4 heteroatoms. The van der Waals surface area contributed by atoms with E-state index in [0.29, 0.717) is 16.5 Å². The fourth-order valence-electron chi connectivity index (χ4n) is 1.80. The highest BCUT2D eigenvalue weighted by molar-refractivity contribution is 6.32. The summed E-state index contributed by atoms with van der Waals surface area (Å²) in [5.74, 6) is 1.21. The van der Waals surface area contributed by atoms with Gasteiger partial charge in [-0.05, 0) is 38.6 Å². The van der Waals surface area contributed by atoms with Crippen LogP contribution in [0, 0.1) is 0 Å². The van der Waals surface area contributed by atoms with E-state index in [1.54, 1.807) is 14.2 Å². The number of ether oxygens (including phenoxy) is 2. The minimum absolute atomic E-state index is 0.104. The van der Waals surface area contributed by atoms with Crippen molar-refractivity contribution in [3.8, 4) is 11.5 Å². The molecule has 100 valence electrons. The van der Waals surface area contributed by atoms with E-state index in [1.807, 2.05) is 19.2 Å². The van der Waals surface area contributed by atoms with Gasteiger partial charge in [-0.1, -0.05) is 23.3 Å². The van der Waals surface area contributed by atoms with Crippen LogP contribution in [0.25, 0.3) is 0 Å². The van der Waals surface area contributed by atoms with Crippen LogP contribution >= 0.6 is 11.6 Å². The molecule has 18 heavy (non-hydrogen) atoms. The minimum Gasteiger partial charge on any atom is -0.493 e. The third-order valence-electron chi connectivity index (χ3n) is 2.63. The van der Waals surface area contributed by atoms with Crippen LogP contribution in [-0.4, -0.2) is 21.3 Å². The Balaban J connectivity index is 3.25. The molecular formula is C14H20ClNO2. The molecule has 0 aliphatic carbocycles. The molecule has 0 bridgehead atoms. The summed E-state index contributed by atoms with van der Waals surface area (Å²) in [5, 5.41) is 3.78. The van der Waals surface area contributed by atoms with Crippen molar-refractivity contribution in [2.75, 3.05) is 21.3 Å². The molecule has 0 aliphatic rings. The van der Waals surface area contributed by atoms with Gasteiger partial charge < -0.3 is 14.8 Å². The van der Waals surface area contributed by atoms with Gasteiger partial charge in [0.15, 0.2) is 11.5 Å². The van der Waals surface area contributed by atoms with Gasteiger partial charge in [0, 0.05) is 0 Å². The first kappa shape index (κ1) is 14.9. The quantitative estimate of drug-likeness (QED) is 0.829. The Morgan fingerprint density at radius 2 is 1.94 bits per heavy atom. The van der Waals surface area contributed by atoms with Gasteiger partial charge in [-0.2, -0.15) is 0 Å². The molecule has 1 N–H and O–H groups in total. The average Bonchev–Trinajstić information content (AvgIpc) is 2.34. The highest BCUT2D eigenvalue weighted by Crippen LogP contribution is 2.37. The van der Waals surface area contributed by atoms with E-state index in [2.05, 4.69) is 25.2 Å². The number of nitrogens with one attached hydrogen (secondary N) is 1. The first-order chi connectivity index (χ1) is 8.53. The molecule has 0 amide bonds. The summed E-state index contributed by atoms with van der Waals surface area (Å²) in [5.41, 5.74) is 2.28. The summed E-state index contributed by atoms with van der Waals surface area (Å²) in [4.78, 5) is 0. The second-order valence-electron chi connectivity index (χ2n) is 4.25. The minimum atomic E-state index is 0.104. The summed E-state index contributed by atoms with van der Waals surface area (Å²) >= 11 is 6.20. The maximum absolute atomic E-state index is 6.20. The molecule has 0 saturated carbocycles. The molecule has 0 spiro atoms. The summed E-state index contributed by atoms with van der Waals surface area (Å²) in [7, 11) is 5.09. The zero-order chi connectivity index (χ0) is 13.7. The molecule has 0 saturated heterocycles. The monoisotopic (exact) mass is 269 g/mol. The maximum atomic E-state index is 6.20. The van der Waals surface area contributed by atoms with Crippen molar-refractivity contribution in [1.82, 2.24) is 5.32 Å². The van der Waals surface area contributed by atoms with E-state index in [0.717, 1.165) is 5.56 Å². The molecule has 0 aliphatic heterocycles. The number of methoxy groups -OCH3 is 2. The molecule has 1 rings (SSSR count). The predicted molar refractivity (Wildman–Crippen MR) is 75.8 cm³/mol. The smallest absolute Gasteiger partial charge is 0.179 e. The number of allylic oxidation sites excluding steroid dienone is 1. The molecule has 1 aromatic rings. The van der Waals surface area contributed by atoms with E-state index >= 15 is 0 Å². The van der Waals surface area contributed by atoms with Gasteiger partial charge >= 0.3 is 0 Å². The van der Waals surface area contributed by atoms with E-state index in [-0.39, 0.29) is 6.04 Å². The predicted octanol–water partition coefficient (Wildman–Crippen LogP) is 3.58. The molecule has 1 atom stereocenters. The van der Waals surface area contributed by atoms with Crippen molar-refractivity contribution >= 4 is 11.6 Å². The Morgan fingerprint density at radius 3 is 2.39 bits per heavy atom. The summed E-state index contributed by atoms with van der Waals surface area (Å²) in [6.07, 6.45) is 2.14. The standard InChI is InChI=1S/C14H20ClNO2/c1-9(2)6-12(16-3)10-7-11(15)14(18-5)13(8-10)17-4/h6-8,12,16H,1-5H3. The van der Waals surface area contributed by atoms with Crippen molar-refractivity contribution in [3.05, 3.63) is 34.4 Å². The van der Waals surface area contributed by atoms with E-state index in [9.17, 15) is 0 Å². The fourth-order valence-corrected chi connectivity index (χ4v) is 2.09. The van der Waals surface area contributed by atoms with Crippen LogP contribution in [0.15, 0.2) is 23.8 Å². The number of halogens is 1. The molecule has 0 heterocycles. The Morgan fingerprint density at radius 1 is 1.28 bits per heavy atom. The van der Waals surface area contributed by atoms with E-state index in [1.165, 1.54) is 5.57 Å². The lowest BCUT2D eigenvalue weighted by molar-refractivity contribution is 0.354. The third-order valence-corrected chi connectivity index (χ3v) is 2.91. The van der Waals surface area contributed by atoms with Crippen LogP contribution in [0.1, 0.15) is 25.5 Å². The highest BCUT2D eigenvalue weighted by Gasteiger charge is 2.14. The molecule has 0 fully saturated rings. The lowest BCUT2D eigenvalue weighted by atomic mass is 10.0. The SMILES string of the molecule is CNC(C=C(C)C)c1cc(Cl)c(OC)c(OC)c1. The topological polar surface area (TPSA) is 30.5 Å². The van der Waals surface area contributed by atoms with Gasteiger partial charge in [-0.15, -0.1) is 0 Å².